The highest BCUT2D eigenvalue weighted by Gasteiger charge is 2.07. The molecule has 0 saturated carbocycles. The van der Waals surface area contributed by atoms with Crippen molar-refractivity contribution in [2.24, 2.45) is 0 Å². The molecule has 0 aliphatic heterocycles. The molecule has 3 rings (SSSR count). The standard InChI is InChI=1S/C18H15ClN2O/c1-13-7-8-17-15(9-13)10-16(18(19)20-17)12-21(22)11-14-5-3-2-4-6-14/h2-10,12H,11H2,1H3/b21-12-. The van der Waals surface area contributed by atoms with Crippen molar-refractivity contribution in [2.45, 2.75) is 13.5 Å². The van der Waals surface area contributed by atoms with Gasteiger partial charge in [-0.3, -0.25) is 0 Å². The summed E-state index contributed by atoms with van der Waals surface area (Å²) in [5.74, 6) is 0. The van der Waals surface area contributed by atoms with E-state index >= 15 is 0 Å². The zero-order chi connectivity index (χ0) is 15.5. The van der Waals surface area contributed by atoms with Gasteiger partial charge in [-0.1, -0.05) is 53.6 Å². The fraction of sp³-hybridized carbons (Fsp3) is 0.111. The fourth-order valence-corrected chi connectivity index (χ4v) is 2.54. The molecule has 2 aromatic carbocycles. The van der Waals surface area contributed by atoms with E-state index in [1.165, 1.54) is 6.21 Å². The van der Waals surface area contributed by atoms with Crippen LogP contribution in [0.1, 0.15) is 16.7 Å². The maximum atomic E-state index is 12.1. The SMILES string of the molecule is Cc1ccc2nc(Cl)c(/C=[N+](\[O-])Cc3ccccc3)cc2c1. The van der Waals surface area contributed by atoms with Crippen molar-refractivity contribution in [1.82, 2.24) is 4.98 Å². The van der Waals surface area contributed by atoms with E-state index in [1.807, 2.05) is 61.5 Å². The topological polar surface area (TPSA) is 39.0 Å². The van der Waals surface area contributed by atoms with Crippen molar-refractivity contribution < 1.29 is 4.74 Å². The smallest absolute Gasteiger partial charge is 0.185 e. The third-order valence-electron chi connectivity index (χ3n) is 3.42. The third-order valence-corrected chi connectivity index (χ3v) is 3.72. The molecular weight excluding hydrogens is 296 g/mol. The van der Waals surface area contributed by atoms with Crippen LogP contribution in [-0.2, 0) is 6.54 Å². The minimum Gasteiger partial charge on any atom is -0.624 e. The lowest BCUT2D eigenvalue weighted by Crippen LogP contribution is -2.06. The van der Waals surface area contributed by atoms with E-state index in [4.69, 9.17) is 11.6 Å². The number of pyridine rings is 1. The molecule has 0 aliphatic rings. The molecule has 0 spiro atoms. The third kappa shape index (κ3) is 3.26. The van der Waals surface area contributed by atoms with Crippen LogP contribution in [0.4, 0.5) is 0 Å². The normalized spacial score (nSPS) is 11.8. The lowest BCUT2D eigenvalue weighted by Gasteiger charge is -2.06. The molecule has 0 N–H and O–H groups in total. The summed E-state index contributed by atoms with van der Waals surface area (Å²) < 4.78 is 0.875. The molecule has 0 atom stereocenters. The van der Waals surface area contributed by atoms with Gasteiger partial charge in [0.25, 0.3) is 0 Å². The molecule has 0 aliphatic carbocycles. The molecule has 4 heteroatoms. The van der Waals surface area contributed by atoms with Crippen molar-refractivity contribution in [3.8, 4) is 0 Å². The Morgan fingerprint density at radius 3 is 2.68 bits per heavy atom. The molecule has 1 heterocycles. The second-order valence-electron chi connectivity index (χ2n) is 5.25. The number of benzene rings is 2. The van der Waals surface area contributed by atoms with Gasteiger partial charge in [0.05, 0.1) is 11.1 Å². The number of fused-ring (bicyclic) bond motifs is 1. The van der Waals surface area contributed by atoms with Crippen LogP contribution in [-0.4, -0.2) is 15.9 Å². The number of aromatic nitrogens is 1. The summed E-state index contributed by atoms with van der Waals surface area (Å²) in [7, 11) is 0. The van der Waals surface area contributed by atoms with Crippen LogP contribution < -0.4 is 0 Å². The Hall–Kier alpha value is -2.39. The van der Waals surface area contributed by atoms with Crippen LogP contribution in [0.5, 0.6) is 0 Å². The van der Waals surface area contributed by atoms with E-state index in [-0.39, 0.29) is 6.54 Å². The molecule has 0 saturated heterocycles. The zero-order valence-electron chi connectivity index (χ0n) is 12.2. The van der Waals surface area contributed by atoms with E-state index in [0.29, 0.717) is 10.7 Å². The largest absolute Gasteiger partial charge is 0.624 e. The van der Waals surface area contributed by atoms with Gasteiger partial charge in [-0.25, -0.2) is 9.72 Å². The summed E-state index contributed by atoms with van der Waals surface area (Å²) >= 11 is 6.18. The van der Waals surface area contributed by atoms with Gasteiger partial charge in [0.15, 0.2) is 12.8 Å². The van der Waals surface area contributed by atoms with Gasteiger partial charge >= 0.3 is 0 Å². The van der Waals surface area contributed by atoms with Gasteiger partial charge in [0.1, 0.15) is 5.15 Å². The molecule has 3 aromatic rings. The molecule has 0 amide bonds. The van der Waals surface area contributed by atoms with E-state index < -0.39 is 0 Å². The molecule has 0 unspecified atom stereocenters. The zero-order valence-corrected chi connectivity index (χ0v) is 12.9. The molecule has 1 aromatic heterocycles. The van der Waals surface area contributed by atoms with Crippen LogP contribution in [0, 0.1) is 12.1 Å². The molecular formula is C18H15ClN2O. The first-order valence-electron chi connectivity index (χ1n) is 7.01. The maximum Gasteiger partial charge on any atom is 0.185 e. The maximum absolute atomic E-state index is 12.1. The number of halogens is 1. The van der Waals surface area contributed by atoms with Crippen LogP contribution in [0.2, 0.25) is 5.15 Å². The minimum absolute atomic E-state index is 0.281. The van der Waals surface area contributed by atoms with Crippen molar-refractivity contribution in [1.29, 1.82) is 0 Å². The van der Waals surface area contributed by atoms with Crippen LogP contribution >= 0.6 is 11.6 Å². The Morgan fingerprint density at radius 1 is 1.14 bits per heavy atom. The lowest BCUT2D eigenvalue weighted by molar-refractivity contribution is -0.469. The first-order valence-corrected chi connectivity index (χ1v) is 7.39. The Bertz CT molecular complexity index is 844. The predicted molar refractivity (Wildman–Crippen MR) is 90.4 cm³/mol. The summed E-state index contributed by atoms with van der Waals surface area (Å²) in [4.78, 5) is 4.35. The van der Waals surface area contributed by atoms with E-state index in [2.05, 4.69) is 4.98 Å². The van der Waals surface area contributed by atoms with Gasteiger partial charge in [-0.2, -0.15) is 0 Å². The van der Waals surface area contributed by atoms with Gasteiger partial charge in [-0.15, -0.1) is 0 Å². The van der Waals surface area contributed by atoms with Gasteiger partial charge < -0.3 is 5.21 Å². The highest BCUT2D eigenvalue weighted by atomic mass is 35.5. The minimum atomic E-state index is 0.281. The molecule has 110 valence electrons. The number of hydroxylamine groups is 1. The molecule has 0 radical (unpaired) electrons. The summed E-state index contributed by atoms with van der Waals surface area (Å²) in [5, 5.41) is 13.4. The predicted octanol–water partition coefficient (Wildman–Crippen LogP) is 4.33. The van der Waals surface area contributed by atoms with Gasteiger partial charge in [-0.05, 0) is 25.1 Å². The van der Waals surface area contributed by atoms with Crippen molar-refractivity contribution in [2.75, 3.05) is 0 Å². The summed E-state index contributed by atoms with van der Waals surface area (Å²) in [5.41, 5.74) is 3.55. The van der Waals surface area contributed by atoms with Crippen molar-refractivity contribution in [3.05, 3.63) is 81.6 Å². The molecule has 0 bridgehead atoms. The average Bonchev–Trinajstić information content (AvgIpc) is 2.49. The summed E-state index contributed by atoms with van der Waals surface area (Å²) in [6.07, 6.45) is 1.49. The average molecular weight is 311 g/mol. The van der Waals surface area contributed by atoms with Crippen LogP contribution in [0.3, 0.4) is 0 Å². The van der Waals surface area contributed by atoms with Crippen LogP contribution in [0.15, 0.2) is 54.6 Å². The number of hydrogen-bond acceptors (Lipinski definition) is 2. The quantitative estimate of drug-likeness (QED) is 0.237. The van der Waals surface area contributed by atoms with E-state index in [1.54, 1.807) is 0 Å². The highest BCUT2D eigenvalue weighted by molar-refractivity contribution is 6.32. The Morgan fingerprint density at radius 2 is 1.91 bits per heavy atom. The van der Waals surface area contributed by atoms with E-state index in [0.717, 1.165) is 26.8 Å². The van der Waals surface area contributed by atoms with Gasteiger partial charge in [0, 0.05) is 10.9 Å². The number of aryl methyl sites for hydroxylation is 1. The Balaban J connectivity index is 1.95. The summed E-state index contributed by atoms with van der Waals surface area (Å²) in [6, 6.07) is 17.4. The number of rotatable bonds is 3. The molecule has 22 heavy (non-hydrogen) atoms. The highest BCUT2D eigenvalue weighted by Crippen LogP contribution is 2.20. The van der Waals surface area contributed by atoms with Crippen LogP contribution in [0.25, 0.3) is 10.9 Å². The Kier molecular flexibility index (Phi) is 4.07. The summed E-state index contributed by atoms with van der Waals surface area (Å²) in [6.45, 7) is 2.30. The first kappa shape index (κ1) is 14.5. The van der Waals surface area contributed by atoms with Crippen molar-refractivity contribution >= 4 is 28.7 Å². The second kappa shape index (κ2) is 6.16. The second-order valence-corrected chi connectivity index (χ2v) is 5.61. The monoisotopic (exact) mass is 310 g/mol. The molecule has 0 fully saturated rings. The Labute approximate surface area is 134 Å². The number of nitrogens with zero attached hydrogens (tertiary/aromatic N) is 2. The number of hydrogen-bond donors (Lipinski definition) is 0. The molecule has 3 nitrogen and oxygen atoms in total. The van der Waals surface area contributed by atoms with E-state index in [9.17, 15) is 5.21 Å². The fourth-order valence-electron chi connectivity index (χ4n) is 2.34. The first-order chi connectivity index (χ1) is 10.6. The van der Waals surface area contributed by atoms with Crippen molar-refractivity contribution in [3.63, 3.8) is 0 Å². The van der Waals surface area contributed by atoms with Gasteiger partial charge in [0.2, 0.25) is 0 Å². The lowest BCUT2D eigenvalue weighted by atomic mass is 10.1.